The van der Waals surface area contributed by atoms with Crippen molar-refractivity contribution in [1.29, 1.82) is 0 Å². The van der Waals surface area contributed by atoms with Crippen LogP contribution >= 0.6 is 11.8 Å². The molecule has 1 amide bonds. The van der Waals surface area contributed by atoms with E-state index in [1.807, 2.05) is 37.3 Å². The Bertz CT molecular complexity index is 797. The van der Waals surface area contributed by atoms with E-state index < -0.39 is 0 Å². The molecule has 0 spiro atoms. The van der Waals surface area contributed by atoms with Crippen LogP contribution in [0.2, 0.25) is 0 Å². The molecule has 2 N–H and O–H groups in total. The van der Waals surface area contributed by atoms with Crippen LogP contribution in [0.25, 0.3) is 6.08 Å². The van der Waals surface area contributed by atoms with Gasteiger partial charge >= 0.3 is 0 Å². The van der Waals surface area contributed by atoms with E-state index in [1.54, 1.807) is 24.3 Å². The van der Waals surface area contributed by atoms with Crippen LogP contribution < -0.4 is 5.32 Å². The van der Waals surface area contributed by atoms with Crippen molar-refractivity contribution in [2.24, 2.45) is 4.99 Å². The molecular weight excluding hydrogens is 296 g/mol. The molecule has 1 saturated heterocycles. The van der Waals surface area contributed by atoms with E-state index in [4.69, 9.17) is 0 Å². The molecule has 0 saturated carbocycles. The normalized spacial score (nSPS) is 18.0. The second kappa shape index (κ2) is 6.07. The van der Waals surface area contributed by atoms with Gasteiger partial charge in [0.25, 0.3) is 5.91 Å². The highest BCUT2D eigenvalue weighted by atomic mass is 32.2. The van der Waals surface area contributed by atoms with Crippen molar-refractivity contribution in [3.63, 3.8) is 0 Å². The average Bonchev–Trinajstić information content (AvgIpc) is 2.84. The molecule has 1 heterocycles. The summed E-state index contributed by atoms with van der Waals surface area (Å²) >= 11 is 1.27. The summed E-state index contributed by atoms with van der Waals surface area (Å²) in [6.07, 6.45) is 1.66. The quantitative estimate of drug-likeness (QED) is 0.833. The minimum Gasteiger partial charge on any atom is -0.507 e. The third kappa shape index (κ3) is 3.04. The zero-order chi connectivity index (χ0) is 15.5. The maximum atomic E-state index is 12.0. The topological polar surface area (TPSA) is 61.7 Å². The Balaban J connectivity index is 1.88. The number of para-hydroxylation sites is 2. The number of phenolic OH excluding ortho intramolecular Hbond substituents is 1. The molecule has 0 bridgehead atoms. The van der Waals surface area contributed by atoms with Gasteiger partial charge in [-0.2, -0.15) is 0 Å². The minimum absolute atomic E-state index is 0.146. The molecule has 0 atom stereocenters. The summed E-state index contributed by atoms with van der Waals surface area (Å²) in [5, 5.41) is 13.1. The maximum Gasteiger partial charge on any atom is 0.264 e. The van der Waals surface area contributed by atoms with Crippen molar-refractivity contribution in [2.75, 3.05) is 0 Å². The molecule has 110 valence electrons. The predicted octanol–water partition coefficient (Wildman–Crippen LogP) is 3.59. The van der Waals surface area contributed by atoms with E-state index in [-0.39, 0.29) is 11.7 Å². The zero-order valence-corrected chi connectivity index (χ0v) is 12.7. The molecule has 1 fully saturated rings. The summed E-state index contributed by atoms with van der Waals surface area (Å²) in [5.41, 5.74) is 2.48. The number of aryl methyl sites for hydroxylation is 1. The number of aromatic hydroxyl groups is 1. The van der Waals surface area contributed by atoms with Gasteiger partial charge < -0.3 is 10.4 Å². The lowest BCUT2D eigenvalue weighted by Crippen LogP contribution is -2.19. The van der Waals surface area contributed by atoms with Gasteiger partial charge in [-0.3, -0.25) is 4.79 Å². The van der Waals surface area contributed by atoms with Crippen LogP contribution in [0, 0.1) is 6.92 Å². The Kier molecular flexibility index (Phi) is 3.98. The third-order valence-corrected chi connectivity index (χ3v) is 4.12. The lowest BCUT2D eigenvalue weighted by Gasteiger charge is -2.00. The number of rotatable bonds is 2. The standard InChI is InChI=1S/C17H14N2O2S/c1-11-6-2-4-8-13(11)18-17-19-16(21)15(22-17)10-12-7-3-5-9-14(12)20/h2-10,20H,1H3,(H,18,19,21)/b15-10+. The lowest BCUT2D eigenvalue weighted by molar-refractivity contribution is -0.115. The fourth-order valence-electron chi connectivity index (χ4n) is 2.03. The zero-order valence-electron chi connectivity index (χ0n) is 11.9. The van der Waals surface area contributed by atoms with Gasteiger partial charge in [-0.15, -0.1) is 0 Å². The van der Waals surface area contributed by atoms with Crippen molar-refractivity contribution in [2.45, 2.75) is 6.92 Å². The molecule has 2 aromatic rings. The first-order valence-corrected chi connectivity index (χ1v) is 7.58. The molecule has 1 aliphatic heterocycles. The van der Waals surface area contributed by atoms with E-state index >= 15 is 0 Å². The second-order valence-corrected chi connectivity index (χ2v) is 5.86. The van der Waals surface area contributed by atoms with Crippen molar-refractivity contribution in [3.8, 4) is 5.75 Å². The van der Waals surface area contributed by atoms with Crippen LogP contribution in [0.3, 0.4) is 0 Å². The summed E-state index contributed by atoms with van der Waals surface area (Å²) in [7, 11) is 0. The molecule has 0 aliphatic carbocycles. The van der Waals surface area contributed by atoms with Gasteiger partial charge in [0.1, 0.15) is 5.75 Å². The van der Waals surface area contributed by atoms with Crippen molar-refractivity contribution in [3.05, 3.63) is 64.6 Å². The Morgan fingerprint density at radius 3 is 2.64 bits per heavy atom. The van der Waals surface area contributed by atoms with Crippen LogP contribution in [0.1, 0.15) is 11.1 Å². The Morgan fingerprint density at radius 1 is 1.14 bits per heavy atom. The van der Waals surface area contributed by atoms with Gasteiger partial charge in [-0.1, -0.05) is 36.4 Å². The van der Waals surface area contributed by atoms with Gasteiger partial charge in [-0.05, 0) is 42.5 Å². The van der Waals surface area contributed by atoms with Crippen LogP contribution in [0.5, 0.6) is 5.75 Å². The van der Waals surface area contributed by atoms with Gasteiger partial charge in [0.15, 0.2) is 5.17 Å². The fraction of sp³-hybridized carbons (Fsp3) is 0.0588. The number of phenols is 1. The number of amidine groups is 1. The molecule has 0 aromatic heterocycles. The first kappa shape index (κ1) is 14.4. The van der Waals surface area contributed by atoms with Crippen LogP contribution in [0.4, 0.5) is 5.69 Å². The second-order valence-electron chi connectivity index (χ2n) is 4.83. The van der Waals surface area contributed by atoms with Crippen LogP contribution in [0.15, 0.2) is 58.4 Å². The predicted molar refractivity (Wildman–Crippen MR) is 90.1 cm³/mol. The lowest BCUT2D eigenvalue weighted by atomic mass is 10.2. The van der Waals surface area contributed by atoms with Gasteiger partial charge in [0.05, 0.1) is 10.6 Å². The average molecular weight is 310 g/mol. The Hall–Kier alpha value is -2.53. The molecule has 0 radical (unpaired) electrons. The van der Waals surface area contributed by atoms with Crippen LogP contribution in [-0.2, 0) is 4.79 Å². The van der Waals surface area contributed by atoms with Crippen LogP contribution in [-0.4, -0.2) is 16.2 Å². The van der Waals surface area contributed by atoms with Crippen molar-refractivity contribution in [1.82, 2.24) is 5.32 Å². The summed E-state index contributed by atoms with van der Waals surface area (Å²) in [6, 6.07) is 14.6. The fourth-order valence-corrected chi connectivity index (χ4v) is 2.86. The smallest absolute Gasteiger partial charge is 0.264 e. The number of benzene rings is 2. The first-order valence-electron chi connectivity index (χ1n) is 6.77. The van der Waals surface area contributed by atoms with E-state index in [2.05, 4.69) is 10.3 Å². The number of nitrogens with one attached hydrogen (secondary N) is 1. The molecule has 5 heteroatoms. The van der Waals surface area contributed by atoms with E-state index in [0.717, 1.165) is 11.3 Å². The SMILES string of the molecule is Cc1ccccc1N=C1NC(=O)/C(=C\c2ccccc2O)S1. The van der Waals surface area contributed by atoms with Gasteiger partial charge in [0.2, 0.25) is 0 Å². The summed E-state index contributed by atoms with van der Waals surface area (Å²) in [5.74, 6) is -0.0618. The molecule has 2 aromatic carbocycles. The molecular formula is C17H14N2O2S. The Morgan fingerprint density at radius 2 is 1.86 bits per heavy atom. The third-order valence-electron chi connectivity index (χ3n) is 3.21. The number of hydrogen-bond acceptors (Lipinski definition) is 4. The Labute approximate surface area is 132 Å². The number of amides is 1. The number of carbonyl (C=O) groups is 1. The van der Waals surface area contributed by atoms with Crippen molar-refractivity contribution < 1.29 is 9.90 Å². The minimum atomic E-state index is -0.208. The van der Waals surface area contributed by atoms with Gasteiger partial charge in [0, 0.05) is 5.56 Å². The monoisotopic (exact) mass is 310 g/mol. The summed E-state index contributed by atoms with van der Waals surface area (Å²) < 4.78 is 0. The van der Waals surface area contributed by atoms with E-state index in [1.165, 1.54) is 11.8 Å². The van der Waals surface area contributed by atoms with E-state index in [9.17, 15) is 9.90 Å². The number of carbonyl (C=O) groups excluding carboxylic acids is 1. The first-order chi connectivity index (χ1) is 10.6. The number of hydrogen-bond donors (Lipinski definition) is 2. The summed E-state index contributed by atoms with van der Waals surface area (Å²) in [6.45, 7) is 1.97. The molecule has 22 heavy (non-hydrogen) atoms. The molecule has 3 rings (SSSR count). The highest BCUT2D eigenvalue weighted by molar-refractivity contribution is 8.18. The maximum absolute atomic E-state index is 12.0. The number of nitrogens with zero attached hydrogens (tertiary/aromatic N) is 1. The molecule has 1 aliphatic rings. The number of aliphatic imine (C=N–C) groups is 1. The van der Waals surface area contributed by atoms with Gasteiger partial charge in [-0.25, -0.2) is 4.99 Å². The van der Waals surface area contributed by atoms with Crippen molar-refractivity contribution >= 4 is 34.6 Å². The summed E-state index contributed by atoms with van der Waals surface area (Å²) in [4.78, 5) is 17.0. The largest absolute Gasteiger partial charge is 0.507 e. The number of thioether (sulfide) groups is 1. The van der Waals surface area contributed by atoms with E-state index in [0.29, 0.717) is 15.6 Å². The molecule has 0 unspecified atom stereocenters. The highest BCUT2D eigenvalue weighted by Crippen LogP contribution is 2.30. The highest BCUT2D eigenvalue weighted by Gasteiger charge is 2.24. The molecule has 4 nitrogen and oxygen atoms in total.